The van der Waals surface area contributed by atoms with Crippen LogP contribution in [0.25, 0.3) is 0 Å². The third kappa shape index (κ3) is 3.28. The van der Waals surface area contributed by atoms with Crippen molar-refractivity contribution in [3.05, 3.63) is 35.9 Å². The average Bonchev–Trinajstić information content (AvgIpc) is 2.69. The van der Waals surface area contributed by atoms with E-state index < -0.39 is 0 Å². The lowest BCUT2D eigenvalue weighted by Crippen LogP contribution is -2.61. The molecule has 6 rings (SSSR count). The minimum Gasteiger partial charge on any atom is -0.316 e. The molecule has 0 radical (unpaired) electrons. The van der Waals surface area contributed by atoms with Crippen LogP contribution in [-0.4, -0.2) is 25.5 Å². The Morgan fingerprint density at radius 1 is 1.14 bits per heavy atom. The predicted molar refractivity (Wildman–Crippen MR) is 115 cm³/mol. The molecule has 4 saturated carbocycles. The van der Waals surface area contributed by atoms with Gasteiger partial charge in [-0.2, -0.15) is 0 Å². The smallest absolute Gasteiger partial charge is 0.139 e. The molecule has 158 valence electrons. The lowest BCUT2D eigenvalue weighted by atomic mass is 9.37. The van der Waals surface area contributed by atoms with E-state index in [9.17, 15) is 9.18 Å². The molecule has 5 aliphatic rings. The van der Waals surface area contributed by atoms with Crippen LogP contribution in [0.2, 0.25) is 0 Å². The summed E-state index contributed by atoms with van der Waals surface area (Å²) in [6, 6.07) is 10.9. The van der Waals surface area contributed by atoms with Crippen LogP contribution in [0.3, 0.4) is 0 Å². The number of carbonyl (C=O) groups is 1. The predicted octanol–water partition coefficient (Wildman–Crippen LogP) is 5.46. The third-order valence-electron chi connectivity index (χ3n) is 9.20. The number of piperidine rings is 1. The van der Waals surface area contributed by atoms with Crippen molar-refractivity contribution in [1.82, 2.24) is 5.32 Å². The average molecular weight is 398 g/mol. The van der Waals surface area contributed by atoms with E-state index >= 15 is 0 Å². The van der Waals surface area contributed by atoms with E-state index in [2.05, 4.69) is 42.6 Å². The van der Waals surface area contributed by atoms with Gasteiger partial charge in [0.05, 0.1) is 6.67 Å². The Morgan fingerprint density at radius 2 is 1.97 bits per heavy atom. The van der Waals surface area contributed by atoms with Gasteiger partial charge in [0.25, 0.3) is 0 Å². The summed E-state index contributed by atoms with van der Waals surface area (Å²) in [4.78, 5) is 13.9. The summed E-state index contributed by atoms with van der Waals surface area (Å²) < 4.78 is 13.7. The van der Waals surface area contributed by atoms with Crippen molar-refractivity contribution in [3.63, 3.8) is 0 Å². The van der Waals surface area contributed by atoms with Crippen LogP contribution in [-0.2, 0) is 10.2 Å². The van der Waals surface area contributed by atoms with E-state index in [4.69, 9.17) is 0 Å². The highest BCUT2D eigenvalue weighted by molar-refractivity contribution is 5.86. The van der Waals surface area contributed by atoms with Gasteiger partial charge in [-0.3, -0.25) is 9.18 Å². The Morgan fingerprint density at radius 3 is 2.72 bits per heavy atom. The second-order valence-corrected chi connectivity index (χ2v) is 11.2. The molecule has 1 heterocycles. The van der Waals surface area contributed by atoms with Gasteiger partial charge in [0, 0.05) is 11.8 Å². The minimum atomic E-state index is -0.243. The van der Waals surface area contributed by atoms with E-state index in [1.165, 1.54) is 12.0 Å². The minimum absolute atomic E-state index is 0.0411. The molecule has 29 heavy (non-hydrogen) atoms. The van der Waals surface area contributed by atoms with Crippen LogP contribution in [0, 0.1) is 28.6 Å². The number of nitrogens with one attached hydrogen (secondary N) is 1. The van der Waals surface area contributed by atoms with E-state index in [0.717, 1.165) is 58.0 Å². The number of benzene rings is 1. The summed E-state index contributed by atoms with van der Waals surface area (Å²) >= 11 is 0. The zero-order valence-electron chi connectivity index (χ0n) is 17.9. The van der Waals surface area contributed by atoms with Crippen LogP contribution in [0.15, 0.2) is 30.3 Å². The van der Waals surface area contributed by atoms with Gasteiger partial charge in [-0.15, -0.1) is 0 Å². The number of alkyl halides is 1. The second kappa shape index (κ2) is 7.18. The van der Waals surface area contributed by atoms with Crippen molar-refractivity contribution in [2.75, 3.05) is 19.8 Å². The number of hydrogen-bond acceptors (Lipinski definition) is 2. The summed E-state index contributed by atoms with van der Waals surface area (Å²) in [6.45, 7) is 4.12. The summed E-state index contributed by atoms with van der Waals surface area (Å²) in [7, 11) is 0. The van der Waals surface area contributed by atoms with Gasteiger partial charge in [0.15, 0.2) is 0 Å². The van der Waals surface area contributed by atoms with Gasteiger partial charge in [-0.1, -0.05) is 37.3 Å². The maximum absolute atomic E-state index is 13.9. The first-order valence-electron chi connectivity index (χ1n) is 11.8. The summed E-state index contributed by atoms with van der Waals surface area (Å²) in [5, 5.41) is 3.47. The quantitative estimate of drug-likeness (QED) is 0.691. The highest BCUT2D eigenvalue weighted by Crippen LogP contribution is 2.71. The normalized spacial score (nSPS) is 43.4. The van der Waals surface area contributed by atoms with Gasteiger partial charge < -0.3 is 5.32 Å². The highest BCUT2D eigenvalue weighted by Gasteiger charge is 2.65. The molecule has 0 aromatic heterocycles. The molecular weight excluding hydrogens is 361 g/mol. The number of Topliss-reactive ketones (excluding diaryl/α,β-unsaturated/α-hetero) is 1. The molecule has 5 fully saturated rings. The first-order chi connectivity index (χ1) is 14.0. The molecule has 6 atom stereocenters. The maximum atomic E-state index is 13.9. The van der Waals surface area contributed by atoms with Crippen LogP contribution in [0.4, 0.5) is 4.39 Å². The second-order valence-electron chi connectivity index (χ2n) is 11.2. The molecule has 2 nitrogen and oxygen atoms in total. The van der Waals surface area contributed by atoms with Crippen molar-refractivity contribution >= 4 is 5.78 Å². The van der Waals surface area contributed by atoms with Crippen molar-refractivity contribution in [3.8, 4) is 0 Å². The first-order valence-corrected chi connectivity index (χ1v) is 11.8. The van der Waals surface area contributed by atoms with Gasteiger partial charge >= 0.3 is 0 Å². The molecule has 1 saturated heterocycles. The third-order valence-corrected chi connectivity index (χ3v) is 9.20. The van der Waals surface area contributed by atoms with Crippen molar-refractivity contribution in [2.45, 2.75) is 70.1 Å². The highest BCUT2D eigenvalue weighted by atomic mass is 19.1. The SMILES string of the molecule is CC1CNCCC1CC(=O)C12CC3C[C@@](CCF)(C1)C[C@](c1ccccc1)(C3)C2. The number of carbonyl (C=O) groups excluding carboxylic acids is 1. The van der Waals surface area contributed by atoms with E-state index in [1.807, 2.05) is 0 Å². The monoisotopic (exact) mass is 397 g/mol. The first kappa shape index (κ1) is 19.7. The lowest BCUT2D eigenvalue weighted by Gasteiger charge is -2.66. The largest absolute Gasteiger partial charge is 0.316 e. The fourth-order valence-corrected chi connectivity index (χ4v) is 8.37. The molecule has 1 aliphatic heterocycles. The standard InChI is InChI=1S/C26H36FNO/c1-19-15-28-10-7-21(19)11-23(29)26-14-20-12-24(17-26,8-9-27)16-25(13-20,18-26)22-5-3-2-4-6-22/h2-6,19-21,28H,7-18H2,1H3/t19?,20?,21?,24-,25-,26?/m1/s1. The number of rotatable bonds is 6. The molecule has 4 bridgehead atoms. The Bertz CT molecular complexity index is 765. The van der Waals surface area contributed by atoms with E-state index in [0.29, 0.717) is 30.0 Å². The maximum Gasteiger partial charge on any atom is 0.139 e. The Hall–Kier alpha value is -1.22. The number of ketones is 1. The molecule has 1 aromatic rings. The van der Waals surface area contributed by atoms with Crippen LogP contribution >= 0.6 is 0 Å². The van der Waals surface area contributed by atoms with E-state index in [1.54, 1.807) is 0 Å². The van der Waals surface area contributed by atoms with Gasteiger partial charge in [0.1, 0.15) is 5.78 Å². The summed E-state index contributed by atoms with van der Waals surface area (Å²) in [6.07, 6.45) is 8.96. The van der Waals surface area contributed by atoms with Crippen molar-refractivity contribution in [1.29, 1.82) is 0 Å². The number of halogens is 1. The zero-order valence-corrected chi connectivity index (χ0v) is 17.9. The zero-order chi connectivity index (χ0) is 20.1. The van der Waals surface area contributed by atoms with Gasteiger partial charge in [-0.25, -0.2) is 0 Å². The fraction of sp³-hybridized carbons (Fsp3) is 0.731. The molecule has 0 spiro atoms. The Kier molecular flexibility index (Phi) is 4.89. The van der Waals surface area contributed by atoms with Crippen LogP contribution in [0.1, 0.15) is 70.3 Å². The molecule has 1 aromatic carbocycles. The van der Waals surface area contributed by atoms with Crippen molar-refractivity contribution in [2.24, 2.45) is 28.6 Å². The lowest BCUT2D eigenvalue weighted by molar-refractivity contribution is -0.163. The molecule has 0 amide bonds. The van der Waals surface area contributed by atoms with E-state index in [-0.39, 0.29) is 22.9 Å². The topological polar surface area (TPSA) is 29.1 Å². The Labute approximate surface area is 175 Å². The van der Waals surface area contributed by atoms with Crippen LogP contribution in [0.5, 0.6) is 0 Å². The molecular formula is C26H36FNO. The van der Waals surface area contributed by atoms with Crippen molar-refractivity contribution < 1.29 is 9.18 Å². The summed E-state index contributed by atoms with van der Waals surface area (Å²) in [5.41, 5.74) is 1.33. The van der Waals surface area contributed by atoms with Gasteiger partial charge in [-0.05, 0) is 98.6 Å². The summed E-state index contributed by atoms with van der Waals surface area (Å²) in [5.74, 6) is 2.20. The van der Waals surface area contributed by atoms with Crippen LogP contribution < -0.4 is 5.32 Å². The Balaban J connectivity index is 1.48. The fourth-order valence-electron chi connectivity index (χ4n) is 8.37. The molecule has 1 N–H and O–H groups in total. The molecule has 4 aliphatic carbocycles. The number of hydrogen-bond donors (Lipinski definition) is 1. The molecule has 3 heteroatoms. The van der Waals surface area contributed by atoms with Gasteiger partial charge in [0.2, 0.25) is 0 Å². The molecule has 4 unspecified atom stereocenters.